The first-order valence-electron chi connectivity index (χ1n) is 11.9. The molecule has 0 bridgehead atoms. The highest BCUT2D eigenvalue weighted by Gasteiger charge is 2.33. The van der Waals surface area contributed by atoms with Gasteiger partial charge in [-0.15, -0.1) is 0 Å². The van der Waals surface area contributed by atoms with Gasteiger partial charge in [0.1, 0.15) is 5.75 Å². The lowest BCUT2D eigenvalue weighted by Gasteiger charge is -2.38. The van der Waals surface area contributed by atoms with Crippen LogP contribution in [0.4, 0.5) is 0 Å². The molecule has 9 heteroatoms. The van der Waals surface area contributed by atoms with E-state index in [-0.39, 0.29) is 4.90 Å². The summed E-state index contributed by atoms with van der Waals surface area (Å²) in [5.74, 6) is 0.891. The first-order chi connectivity index (χ1) is 17.2. The molecular weight excluding hydrogens is 498 g/mol. The number of pyridine rings is 1. The Morgan fingerprint density at radius 2 is 1.86 bits per heavy atom. The number of primary sulfonamides is 1. The molecule has 188 valence electrons. The number of allylic oxidation sites excluding steroid dienone is 1. The fourth-order valence-corrected chi connectivity index (χ4v) is 5.90. The molecule has 3 N–H and O–H groups in total. The number of nitrogens with zero attached hydrogens (tertiary/aromatic N) is 2. The topological polar surface area (TPSA) is 106 Å². The third kappa shape index (κ3) is 5.19. The monoisotopic (exact) mass is 525 g/mol. The summed E-state index contributed by atoms with van der Waals surface area (Å²) in [5, 5.41) is 17.3. The molecule has 7 nitrogen and oxygen atoms in total. The van der Waals surface area contributed by atoms with Gasteiger partial charge in [0, 0.05) is 48.4 Å². The highest BCUT2D eigenvalue weighted by Crippen LogP contribution is 2.40. The number of piperidine rings is 1. The van der Waals surface area contributed by atoms with Gasteiger partial charge in [0.05, 0.1) is 10.5 Å². The zero-order valence-corrected chi connectivity index (χ0v) is 21.3. The summed E-state index contributed by atoms with van der Waals surface area (Å²) < 4.78 is 30.5. The van der Waals surface area contributed by atoms with Gasteiger partial charge in [-0.25, -0.2) is 18.5 Å². The van der Waals surface area contributed by atoms with Crippen LogP contribution >= 0.6 is 11.6 Å². The van der Waals surface area contributed by atoms with Crippen LogP contribution in [0.3, 0.4) is 0 Å². The molecule has 3 heterocycles. The van der Waals surface area contributed by atoms with Crippen molar-refractivity contribution in [3.63, 3.8) is 0 Å². The van der Waals surface area contributed by atoms with Gasteiger partial charge < -0.3 is 14.7 Å². The van der Waals surface area contributed by atoms with Crippen LogP contribution in [-0.4, -0.2) is 43.0 Å². The van der Waals surface area contributed by atoms with Crippen LogP contribution in [0.1, 0.15) is 36.0 Å². The molecule has 3 aromatic rings. The van der Waals surface area contributed by atoms with E-state index >= 15 is 0 Å². The molecule has 2 aliphatic heterocycles. The predicted octanol–water partition coefficient (Wildman–Crippen LogP) is 4.49. The Morgan fingerprint density at radius 3 is 2.58 bits per heavy atom. The van der Waals surface area contributed by atoms with Crippen molar-refractivity contribution in [1.29, 1.82) is 0 Å². The van der Waals surface area contributed by atoms with E-state index in [1.54, 1.807) is 18.3 Å². The Labute approximate surface area is 216 Å². The molecule has 0 radical (unpaired) electrons. The van der Waals surface area contributed by atoms with Crippen LogP contribution in [0.5, 0.6) is 11.6 Å². The van der Waals surface area contributed by atoms with Crippen LogP contribution < -0.4 is 9.88 Å². The molecule has 0 aliphatic carbocycles. The molecule has 1 fully saturated rings. The first-order valence-corrected chi connectivity index (χ1v) is 13.8. The number of hydrogen-bond donors (Lipinski definition) is 2. The average Bonchev–Trinajstić information content (AvgIpc) is 3.01. The largest absolute Gasteiger partial charge is 0.438 e. The zero-order chi connectivity index (χ0) is 25.3. The summed E-state index contributed by atoms with van der Waals surface area (Å²) in [5.41, 5.74) is 2.39. The van der Waals surface area contributed by atoms with E-state index in [4.69, 9.17) is 21.5 Å². The summed E-state index contributed by atoms with van der Waals surface area (Å²) in [6.45, 7) is 2.38. The quantitative estimate of drug-likeness (QED) is 0.508. The Hall–Kier alpha value is -2.75. The van der Waals surface area contributed by atoms with Crippen LogP contribution in [0.15, 0.2) is 71.8 Å². The molecule has 2 aliphatic rings. The van der Waals surface area contributed by atoms with Crippen LogP contribution in [-0.2, 0) is 22.0 Å². The number of ether oxygens (including phenoxy) is 1. The SMILES string of the molecule is NS(=O)(=O)c1cccc2c1CC(=CCCN1CCC(O)(c3ccc(Cl)cc3)CC1)c1cccnc1O2. The first kappa shape index (κ1) is 24.9. The van der Waals surface area contributed by atoms with Crippen LogP contribution in [0.2, 0.25) is 5.02 Å². The van der Waals surface area contributed by atoms with Gasteiger partial charge in [-0.1, -0.05) is 35.9 Å². The number of benzene rings is 2. The number of hydrogen-bond acceptors (Lipinski definition) is 6. The number of aromatic nitrogens is 1. The van der Waals surface area contributed by atoms with E-state index in [2.05, 4.69) is 16.0 Å². The molecule has 1 aromatic heterocycles. The summed E-state index contributed by atoms with van der Waals surface area (Å²) in [4.78, 5) is 6.78. The van der Waals surface area contributed by atoms with Crippen LogP contribution in [0, 0.1) is 0 Å². The number of likely N-dealkylation sites (tertiary alicyclic amines) is 1. The average molecular weight is 526 g/mol. The second kappa shape index (κ2) is 9.95. The van der Waals surface area contributed by atoms with Crippen molar-refractivity contribution in [3.05, 3.63) is 88.6 Å². The van der Waals surface area contributed by atoms with Gasteiger partial charge >= 0.3 is 0 Å². The van der Waals surface area contributed by atoms with Crippen molar-refractivity contribution < 1.29 is 18.3 Å². The minimum Gasteiger partial charge on any atom is -0.438 e. The van der Waals surface area contributed by atoms with Crippen molar-refractivity contribution in [2.45, 2.75) is 36.2 Å². The van der Waals surface area contributed by atoms with E-state index in [0.717, 1.165) is 42.8 Å². The van der Waals surface area contributed by atoms with Gasteiger partial charge in [0.25, 0.3) is 0 Å². The highest BCUT2D eigenvalue weighted by molar-refractivity contribution is 7.89. The van der Waals surface area contributed by atoms with E-state index in [0.29, 0.717) is 41.5 Å². The lowest BCUT2D eigenvalue weighted by molar-refractivity contribution is -0.0254. The lowest BCUT2D eigenvalue weighted by Crippen LogP contribution is -2.42. The Bertz CT molecular complexity index is 1400. The van der Waals surface area contributed by atoms with Crippen molar-refractivity contribution in [3.8, 4) is 11.6 Å². The van der Waals surface area contributed by atoms with E-state index in [1.165, 1.54) is 6.07 Å². The summed E-state index contributed by atoms with van der Waals surface area (Å²) in [6, 6.07) is 16.1. The third-order valence-electron chi connectivity index (χ3n) is 6.99. The summed E-state index contributed by atoms with van der Waals surface area (Å²) in [6.07, 6.45) is 6.21. The molecular formula is C27H28ClN3O4S. The fourth-order valence-electron chi connectivity index (χ4n) is 4.99. The van der Waals surface area contributed by atoms with Gasteiger partial charge in [0.15, 0.2) is 0 Å². The standard InChI is InChI=1S/C27H28ClN3O4S/c28-21-10-8-20(9-11-21)27(32)12-16-31(17-13-27)15-3-4-19-18-23-24(6-1-7-25(23)36(29,33)34)35-26-22(19)5-2-14-30-26/h1-2,4-11,14,32H,3,12-13,15-18H2,(H2,29,33,34). The Morgan fingerprint density at radius 1 is 1.11 bits per heavy atom. The minimum atomic E-state index is -3.91. The molecule has 0 saturated carbocycles. The van der Waals surface area contributed by atoms with Gasteiger partial charge in [-0.3, -0.25) is 0 Å². The second-order valence-corrected chi connectivity index (χ2v) is 11.3. The maximum atomic E-state index is 12.2. The molecule has 0 amide bonds. The minimum absolute atomic E-state index is 0.0659. The zero-order valence-electron chi connectivity index (χ0n) is 19.7. The van der Waals surface area contributed by atoms with Crippen molar-refractivity contribution in [2.75, 3.05) is 19.6 Å². The number of aliphatic hydroxyl groups is 1. The maximum absolute atomic E-state index is 12.2. The van der Waals surface area contributed by atoms with Gasteiger partial charge in [-0.2, -0.15) is 0 Å². The number of halogens is 1. The number of nitrogens with two attached hydrogens (primary N) is 1. The molecule has 1 saturated heterocycles. The molecule has 0 atom stereocenters. The van der Waals surface area contributed by atoms with Gasteiger partial charge in [-0.05, 0) is 66.8 Å². The molecule has 5 rings (SSSR count). The highest BCUT2D eigenvalue weighted by atomic mass is 35.5. The number of fused-ring (bicyclic) bond motifs is 2. The number of rotatable bonds is 5. The number of sulfonamides is 1. The maximum Gasteiger partial charge on any atom is 0.238 e. The van der Waals surface area contributed by atoms with Crippen LogP contribution in [0.25, 0.3) is 5.57 Å². The molecule has 0 unspecified atom stereocenters. The van der Waals surface area contributed by atoms with E-state index < -0.39 is 15.6 Å². The lowest BCUT2D eigenvalue weighted by atomic mass is 9.84. The Balaban J connectivity index is 1.32. The third-order valence-corrected chi connectivity index (χ3v) is 8.24. The van der Waals surface area contributed by atoms with Crippen molar-refractivity contribution >= 4 is 27.2 Å². The fraction of sp³-hybridized carbons (Fsp3) is 0.296. The summed E-state index contributed by atoms with van der Waals surface area (Å²) >= 11 is 6.00. The predicted molar refractivity (Wildman–Crippen MR) is 139 cm³/mol. The van der Waals surface area contributed by atoms with E-state index in [1.807, 2.05) is 36.4 Å². The molecule has 2 aromatic carbocycles. The molecule has 0 spiro atoms. The van der Waals surface area contributed by atoms with Gasteiger partial charge in [0.2, 0.25) is 15.9 Å². The summed E-state index contributed by atoms with van der Waals surface area (Å²) in [7, 11) is -3.91. The second-order valence-electron chi connectivity index (χ2n) is 9.31. The Kier molecular flexibility index (Phi) is 6.89. The molecule has 36 heavy (non-hydrogen) atoms. The normalized spacial score (nSPS) is 18.7. The smallest absolute Gasteiger partial charge is 0.238 e. The van der Waals surface area contributed by atoms with E-state index in [9.17, 15) is 13.5 Å². The van der Waals surface area contributed by atoms with Crippen molar-refractivity contribution in [2.24, 2.45) is 5.14 Å². The van der Waals surface area contributed by atoms with Crippen molar-refractivity contribution in [1.82, 2.24) is 9.88 Å².